The standard InChI is InChI=1S/C16H33NO2/c1-3-5-7-15(18)11-13-9-10-14(17-13)12-16(19)8-6-4-2/h13-19H,3-12H2,1-2H3/t13-,14+,15-,16-/m1/s1. The molecule has 0 bridgehead atoms. The maximum absolute atomic E-state index is 9.94. The second-order valence-corrected chi connectivity index (χ2v) is 6.20. The molecule has 0 aromatic carbocycles. The smallest absolute Gasteiger partial charge is 0.0555 e. The van der Waals surface area contributed by atoms with E-state index in [0.29, 0.717) is 12.1 Å². The summed E-state index contributed by atoms with van der Waals surface area (Å²) in [6.07, 6.45) is 10.1. The maximum atomic E-state index is 9.94. The molecule has 3 heteroatoms. The average molecular weight is 271 g/mol. The van der Waals surface area contributed by atoms with Crippen molar-refractivity contribution in [2.45, 2.75) is 102 Å². The number of hydrogen-bond acceptors (Lipinski definition) is 3. The van der Waals surface area contributed by atoms with Gasteiger partial charge in [0.1, 0.15) is 0 Å². The van der Waals surface area contributed by atoms with Gasteiger partial charge in [-0.15, -0.1) is 0 Å². The van der Waals surface area contributed by atoms with Crippen LogP contribution in [0.1, 0.15) is 78.1 Å². The molecule has 114 valence electrons. The molecule has 0 aromatic heterocycles. The highest BCUT2D eigenvalue weighted by atomic mass is 16.3. The monoisotopic (exact) mass is 271 g/mol. The van der Waals surface area contributed by atoms with Crippen molar-refractivity contribution in [1.29, 1.82) is 0 Å². The Kier molecular flexibility index (Phi) is 8.67. The van der Waals surface area contributed by atoms with E-state index < -0.39 is 0 Å². The lowest BCUT2D eigenvalue weighted by molar-refractivity contribution is 0.131. The number of aliphatic hydroxyl groups excluding tert-OH is 2. The zero-order chi connectivity index (χ0) is 14.1. The predicted molar refractivity (Wildman–Crippen MR) is 80.2 cm³/mol. The van der Waals surface area contributed by atoms with Crippen molar-refractivity contribution in [2.24, 2.45) is 0 Å². The number of rotatable bonds is 10. The minimum atomic E-state index is -0.152. The van der Waals surface area contributed by atoms with Crippen molar-refractivity contribution in [1.82, 2.24) is 5.32 Å². The zero-order valence-corrected chi connectivity index (χ0v) is 12.8. The molecule has 4 atom stereocenters. The summed E-state index contributed by atoms with van der Waals surface area (Å²) in [7, 11) is 0. The second-order valence-electron chi connectivity index (χ2n) is 6.20. The molecule has 3 N–H and O–H groups in total. The minimum Gasteiger partial charge on any atom is -0.393 e. The largest absolute Gasteiger partial charge is 0.393 e. The van der Waals surface area contributed by atoms with Crippen LogP contribution in [0.15, 0.2) is 0 Å². The van der Waals surface area contributed by atoms with Gasteiger partial charge >= 0.3 is 0 Å². The summed E-state index contributed by atoms with van der Waals surface area (Å²) in [5, 5.41) is 23.5. The Morgan fingerprint density at radius 2 is 1.32 bits per heavy atom. The molecule has 0 amide bonds. The molecule has 0 aliphatic carbocycles. The van der Waals surface area contributed by atoms with Crippen molar-refractivity contribution in [2.75, 3.05) is 0 Å². The Morgan fingerprint density at radius 1 is 0.895 bits per heavy atom. The van der Waals surface area contributed by atoms with E-state index in [1.807, 2.05) is 0 Å². The van der Waals surface area contributed by atoms with Gasteiger partial charge in [-0.25, -0.2) is 0 Å². The van der Waals surface area contributed by atoms with Gasteiger partial charge in [-0.05, 0) is 38.5 Å². The second kappa shape index (κ2) is 9.73. The molecular weight excluding hydrogens is 238 g/mol. The van der Waals surface area contributed by atoms with Crippen molar-refractivity contribution < 1.29 is 10.2 Å². The first-order valence-corrected chi connectivity index (χ1v) is 8.27. The van der Waals surface area contributed by atoms with Crippen LogP contribution < -0.4 is 5.32 Å². The van der Waals surface area contributed by atoms with Crippen molar-refractivity contribution in [3.05, 3.63) is 0 Å². The summed E-state index contributed by atoms with van der Waals surface area (Å²) < 4.78 is 0. The Labute approximate surface area is 118 Å². The highest BCUT2D eigenvalue weighted by Gasteiger charge is 2.26. The van der Waals surface area contributed by atoms with Gasteiger partial charge in [-0.1, -0.05) is 39.5 Å². The minimum absolute atomic E-state index is 0.152. The van der Waals surface area contributed by atoms with E-state index in [1.165, 1.54) is 0 Å². The summed E-state index contributed by atoms with van der Waals surface area (Å²) in [5.41, 5.74) is 0. The van der Waals surface area contributed by atoms with E-state index >= 15 is 0 Å². The third kappa shape index (κ3) is 7.28. The van der Waals surface area contributed by atoms with Gasteiger partial charge in [0.05, 0.1) is 12.2 Å². The first-order valence-electron chi connectivity index (χ1n) is 8.27. The fraction of sp³-hybridized carbons (Fsp3) is 1.00. The number of hydrogen-bond donors (Lipinski definition) is 3. The van der Waals surface area contributed by atoms with Gasteiger partial charge < -0.3 is 15.5 Å². The van der Waals surface area contributed by atoms with Crippen LogP contribution >= 0.6 is 0 Å². The van der Waals surface area contributed by atoms with Crippen LogP contribution in [-0.2, 0) is 0 Å². The van der Waals surface area contributed by atoms with Crippen molar-refractivity contribution in [3.63, 3.8) is 0 Å². The maximum Gasteiger partial charge on any atom is 0.0555 e. The predicted octanol–water partition coefficient (Wildman–Crippen LogP) is 2.99. The van der Waals surface area contributed by atoms with Crippen molar-refractivity contribution >= 4 is 0 Å². The van der Waals surface area contributed by atoms with E-state index in [0.717, 1.165) is 64.2 Å². The molecule has 1 fully saturated rings. The molecule has 1 saturated heterocycles. The first kappa shape index (κ1) is 16.9. The molecule has 0 radical (unpaired) electrons. The van der Waals surface area contributed by atoms with Crippen LogP contribution in [0.25, 0.3) is 0 Å². The molecule has 3 nitrogen and oxygen atoms in total. The lowest BCUT2D eigenvalue weighted by atomic mass is 10.0. The van der Waals surface area contributed by atoms with E-state index in [-0.39, 0.29) is 12.2 Å². The fourth-order valence-electron chi connectivity index (χ4n) is 3.05. The quantitative estimate of drug-likeness (QED) is 0.572. The molecule has 1 heterocycles. The Bertz CT molecular complexity index is 201. The Balaban J connectivity index is 2.14. The normalized spacial score (nSPS) is 26.5. The van der Waals surface area contributed by atoms with Gasteiger partial charge in [0.15, 0.2) is 0 Å². The molecule has 0 unspecified atom stereocenters. The SMILES string of the molecule is CCCC[C@@H](O)C[C@H]1CC[C@@H](C[C@H](O)CCCC)N1. The van der Waals surface area contributed by atoms with Gasteiger partial charge in [-0.3, -0.25) is 0 Å². The van der Waals surface area contributed by atoms with Crippen LogP contribution in [0.4, 0.5) is 0 Å². The van der Waals surface area contributed by atoms with Crippen molar-refractivity contribution in [3.8, 4) is 0 Å². The molecule has 0 aromatic rings. The molecule has 0 saturated carbocycles. The average Bonchev–Trinajstić information content (AvgIpc) is 2.81. The number of nitrogens with one attached hydrogen (secondary N) is 1. The van der Waals surface area contributed by atoms with E-state index in [1.54, 1.807) is 0 Å². The van der Waals surface area contributed by atoms with E-state index in [4.69, 9.17) is 0 Å². The van der Waals surface area contributed by atoms with E-state index in [9.17, 15) is 10.2 Å². The third-order valence-corrected chi connectivity index (χ3v) is 4.23. The van der Waals surface area contributed by atoms with Gasteiger partial charge in [0, 0.05) is 12.1 Å². The molecule has 1 rings (SSSR count). The molecular formula is C16H33NO2. The summed E-state index contributed by atoms with van der Waals surface area (Å²) >= 11 is 0. The Hall–Kier alpha value is -0.120. The summed E-state index contributed by atoms with van der Waals surface area (Å²) in [6.45, 7) is 4.32. The number of unbranched alkanes of at least 4 members (excludes halogenated alkanes) is 2. The zero-order valence-electron chi connectivity index (χ0n) is 12.8. The molecule has 1 aliphatic heterocycles. The summed E-state index contributed by atoms with van der Waals surface area (Å²) in [6, 6.07) is 0.908. The molecule has 19 heavy (non-hydrogen) atoms. The van der Waals surface area contributed by atoms with E-state index in [2.05, 4.69) is 19.2 Å². The topological polar surface area (TPSA) is 52.5 Å². The Morgan fingerprint density at radius 3 is 1.68 bits per heavy atom. The summed E-state index contributed by atoms with van der Waals surface area (Å²) in [4.78, 5) is 0. The van der Waals surface area contributed by atoms with Crippen LogP contribution in [0.2, 0.25) is 0 Å². The van der Waals surface area contributed by atoms with Crippen LogP contribution in [0.3, 0.4) is 0 Å². The number of aliphatic hydroxyl groups is 2. The van der Waals surface area contributed by atoms with Crippen LogP contribution in [0, 0.1) is 0 Å². The van der Waals surface area contributed by atoms with Gasteiger partial charge in [-0.2, -0.15) is 0 Å². The molecule has 0 spiro atoms. The third-order valence-electron chi connectivity index (χ3n) is 4.23. The van der Waals surface area contributed by atoms with Gasteiger partial charge in [0.2, 0.25) is 0 Å². The van der Waals surface area contributed by atoms with Crippen LogP contribution in [0.5, 0.6) is 0 Å². The first-order chi connectivity index (χ1) is 9.15. The van der Waals surface area contributed by atoms with Gasteiger partial charge in [0.25, 0.3) is 0 Å². The lowest BCUT2D eigenvalue weighted by Gasteiger charge is -2.19. The van der Waals surface area contributed by atoms with Crippen LogP contribution in [-0.4, -0.2) is 34.5 Å². The highest BCUT2D eigenvalue weighted by Crippen LogP contribution is 2.22. The molecule has 1 aliphatic rings. The summed E-state index contributed by atoms with van der Waals surface area (Å²) in [5.74, 6) is 0. The highest BCUT2D eigenvalue weighted by molar-refractivity contribution is 4.86. The lowest BCUT2D eigenvalue weighted by Crippen LogP contribution is -2.34. The fourth-order valence-corrected chi connectivity index (χ4v) is 3.05.